The molecule has 1 aromatic heterocycles. The van der Waals surface area contributed by atoms with Crippen LogP contribution in [0.4, 0.5) is 0 Å². The molecular weight excluding hydrogens is 222 g/mol. The average molecular weight is 241 g/mol. The van der Waals surface area contributed by atoms with E-state index in [1.807, 2.05) is 5.38 Å². The standard InChI is InChI=1S/C11H19N3OS/c15-11-14-10(8-16-11)7-12-6-9-4-2-1-3-5-13-9/h8-9,12-13H,1-7H2,(H,14,15). The van der Waals surface area contributed by atoms with Crippen LogP contribution in [-0.4, -0.2) is 24.1 Å². The minimum absolute atomic E-state index is 0.0318. The lowest BCUT2D eigenvalue weighted by atomic mass is 10.1. The van der Waals surface area contributed by atoms with E-state index in [2.05, 4.69) is 15.6 Å². The van der Waals surface area contributed by atoms with E-state index in [0.717, 1.165) is 25.3 Å². The Morgan fingerprint density at radius 1 is 1.44 bits per heavy atom. The van der Waals surface area contributed by atoms with E-state index in [4.69, 9.17) is 0 Å². The highest BCUT2D eigenvalue weighted by Crippen LogP contribution is 2.07. The SMILES string of the molecule is O=c1[nH]c(CNCC2CCCCCN2)cs1. The van der Waals surface area contributed by atoms with Gasteiger partial charge in [0.15, 0.2) is 0 Å². The topological polar surface area (TPSA) is 56.9 Å². The molecule has 0 aliphatic carbocycles. The summed E-state index contributed by atoms with van der Waals surface area (Å²) < 4.78 is 0. The van der Waals surface area contributed by atoms with Gasteiger partial charge in [0.1, 0.15) is 0 Å². The molecule has 1 aliphatic heterocycles. The molecule has 1 atom stereocenters. The molecule has 90 valence electrons. The number of hydrogen-bond donors (Lipinski definition) is 3. The Balaban J connectivity index is 1.68. The van der Waals surface area contributed by atoms with Gasteiger partial charge in [-0.25, -0.2) is 0 Å². The van der Waals surface area contributed by atoms with Crippen molar-refractivity contribution in [3.8, 4) is 0 Å². The van der Waals surface area contributed by atoms with Crippen LogP contribution in [0.25, 0.3) is 0 Å². The Hall–Kier alpha value is -0.650. The highest BCUT2D eigenvalue weighted by molar-refractivity contribution is 7.07. The minimum Gasteiger partial charge on any atom is -0.315 e. The molecule has 3 N–H and O–H groups in total. The number of hydrogen-bond acceptors (Lipinski definition) is 4. The normalized spacial score (nSPS) is 21.9. The molecule has 1 unspecified atom stereocenters. The van der Waals surface area contributed by atoms with E-state index in [0.29, 0.717) is 6.04 Å². The summed E-state index contributed by atoms with van der Waals surface area (Å²) in [7, 11) is 0. The summed E-state index contributed by atoms with van der Waals surface area (Å²) in [6.07, 6.45) is 5.23. The molecule has 1 fully saturated rings. The van der Waals surface area contributed by atoms with Gasteiger partial charge in [0.05, 0.1) is 0 Å². The molecule has 0 saturated carbocycles. The van der Waals surface area contributed by atoms with Crippen LogP contribution >= 0.6 is 11.3 Å². The van der Waals surface area contributed by atoms with Crippen molar-refractivity contribution in [2.24, 2.45) is 0 Å². The monoisotopic (exact) mass is 241 g/mol. The van der Waals surface area contributed by atoms with Crippen LogP contribution in [0, 0.1) is 0 Å². The maximum atomic E-state index is 10.9. The van der Waals surface area contributed by atoms with Crippen molar-refractivity contribution < 1.29 is 0 Å². The predicted octanol–water partition coefficient (Wildman–Crippen LogP) is 1.06. The van der Waals surface area contributed by atoms with E-state index in [9.17, 15) is 4.79 Å². The van der Waals surface area contributed by atoms with Crippen LogP contribution in [0.5, 0.6) is 0 Å². The molecule has 0 radical (unpaired) electrons. The van der Waals surface area contributed by atoms with Crippen LogP contribution < -0.4 is 15.5 Å². The van der Waals surface area contributed by atoms with Gasteiger partial charge in [-0.2, -0.15) is 0 Å². The smallest absolute Gasteiger partial charge is 0.304 e. The van der Waals surface area contributed by atoms with Crippen molar-refractivity contribution in [2.45, 2.75) is 38.3 Å². The lowest BCUT2D eigenvalue weighted by Gasteiger charge is -2.15. The Morgan fingerprint density at radius 2 is 2.38 bits per heavy atom. The summed E-state index contributed by atoms with van der Waals surface area (Å²) in [5, 5.41) is 8.81. The largest absolute Gasteiger partial charge is 0.315 e. The molecule has 0 spiro atoms. The fourth-order valence-corrected chi connectivity index (χ4v) is 2.64. The van der Waals surface area contributed by atoms with Crippen molar-refractivity contribution in [3.05, 3.63) is 20.7 Å². The van der Waals surface area contributed by atoms with Gasteiger partial charge >= 0.3 is 4.87 Å². The summed E-state index contributed by atoms with van der Waals surface area (Å²) in [6, 6.07) is 0.591. The summed E-state index contributed by atoms with van der Waals surface area (Å²) in [5.41, 5.74) is 0.989. The van der Waals surface area contributed by atoms with Crippen molar-refractivity contribution in [1.29, 1.82) is 0 Å². The fourth-order valence-electron chi connectivity index (χ4n) is 2.06. The second kappa shape index (κ2) is 6.18. The Kier molecular flexibility index (Phi) is 4.56. The number of thiazole rings is 1. The molecule has 1 saturated heterocycles. The van der Waals surface area contributed by atoms with Gasteiger partial charge in [-0.1, -0.05) is 24.2 Å². The molecule has 5 heteroatoms. The maximum Gasteiger partial charge on any atom is 0.304 e. The number of H-pyrrole nitrogens is 1. The van der Waals surface area contributed by atoms with E-state index in [-0.39, 0.29) is 4.87 Å². The van der Waals surface area contributed by atoms with Crippen LogP contribution in [0.2, 0.25) is 0 Å². The van der Waals surface area contributed by atoms with Crippen LogP contribution in [0.3, 0.4) is 0 Å². The third-order valence-corrected chi connectivity index (χ3v) is 3.66. The third-order valence-electron chi connectivity index (χ3n) is 2.94. The molecule has 2 rings (SSSR count). The lowest BCUT2D eigenvalue weighted by Crippen LogP contribution is -2.37. The average Bonchev–Trinajstić information content (AvgIpc) is 2.54. The number of nitrogens with one attached hydrogen (secondary N) is 3. The van der Waals surface area contributed by atoms with Crippen LogP contribution in [0.1, 0.15) is 31.4 Å². The van der Waals surface area contributed by atoms with E-state index in [1.165, 1.54) is 37.0 Å². The van der Waals surface area contributed by atoms with E-state index < -0.39 is 0 Å². The summed E-state index contributed by atoms with van der Waals surface area (Å²) in [4.78, 5) is 13.8. The molecular formula is C11H19N3OS. The molecule has 0 aromatic carbocycles. The van der Waals surface area contributed by atoms with E-state index >= 15 is 0 Å². The van der Waals surface area contributed by atoms with Gasteiger partial charge in [0.25, 0.3) is 0 Å². The van der Waals surface area contributed by atoms with E-state index in [1.54, 1.807) is 0 Å². The fraction of sp³-hybridized carbons (Fsp3) is 0.727. The molecule has 16 heavy (non-hydrogen) atoms. The second-order valence-electron chi connectivity index (χ2n) is 4.30. The quantitative estimate of drug-likeness (QED) is 0.739. The maximum absolute atomic E-state index is 10.9. The van der Waals surface area contributed by atoms with Crippen molar-refractivity contribution in [1.82, 2.24) is 15.6 Å². The Morgan fingerprint density at radius 3 is 3.19 bits per heavy atom. The summed E-state index contributed by atoms with van der Waals surface area (Å²) in [6.45, 7) is 2.89. The first kappa shape index (κ1) is 11.8. The zero-order valence-electron chi connectivity index (χ0n) is 9.42. The molecule has 2 heterocycles. The zero-order chi connectivity index (χ0) is 11.2. The molecule has 1 aromatic rings. The van der Waals surface area contributed by atoms with Gasteiger partial charge in [-0.15, -0.1) is 0 Å². The zero-order valence-corrected chi connectivity index (χ0v) is 10.2. The first-order valence-corrected chi connectivity index (χ1v) is 6.83. The summed E-state index contributed by atoms with van der Waals surface area (Å²) in [5.74, 6) is 0. The highest BCUT2D eigenvalue weighted by Gasteiger charge is 2.10. The molecule has 0 bridgehead atoms. The summed E-state index contributed by atoms with van der Waals surface area (Å²) >= 11 is 1.23. The highest BCUT2D eigenvalue weighted by atomic mass is 32.1. The number of aromatic nitrogens is 1. The van der Waals surface area contributed by atoms with Crippen LogP contribution in [0.15, 0.2) is 10.2 Å². The Bertz CT molecular complexity index is 352. The van der Waals surface area contributed by atoms with Gasteiger partial charge in [0.2, 0.25) is 0 Å². The van der Waals surface area contributed by atoms with Crippen molar-refractivity contribution >= 4 is 11.3 Å². The second-order valence-corrected chi connectivity index (χ2v) is 5.15. The number of rotatable bonds is 4. The first-order chi connectivity index (χ1) is 7.84. The van der Waals surface area contributed by atoms with Gasteiger partial charge in [-0.05, 0) is 19.4 Å². The van der Waals surface area contributed by atoms with Crippen molar-refractivity contribution in [2.75, 3.05) is 13.1 Å². The molecule has 1 aliphatic rings. The Labute approximate surface area is 99.5 Å². The number of aromatic amines is 1. The van der Waals surface area contributed by atoms with Crippen LogP contribution in [-0.2, 0) is 6.54 Å². The first-order valence-electron chi connectivity index (χ1n) is 5.95. The van der Waals surface area contributed by atoms with Gasteiger partial charge < -0.3 is 15.6 Å². The lowest BCUT2D eigenvalue weighted by molar-refractivity contribution is 0.469. The minimum atomic E-state index is 0.0318. The third kappa shape index (κ3) is 3.73. The molecule has 4 nitrogen and oxygen atoms in total. The predicted molar refractivity (Wildman–Crippen MR) is 66.9 cm³/mol. The van der Waals surface area contributed by atoms with Gasteiger partial charge in [0, 0.05) is 30.2 Å². The van der Waals surface area contributed by atoms with Crippen molar-refractivity contribution in [3.63, 3.8) is 0 Å². The van der Waals surface area contributed by atoms with Gasteiger partial charge in [-0.3, -0.25) is 4.79 Å². The molecule has 0 amide bonds.